The topological polar surface area (TPSA) is 41.3 Å². The minimum absolute atomic E-state index is 0.669. The highest BCUT2D eigenvalue weighted by Crippen LogP contribution is 2.23. The SMILES string of the molecule is C#CCCc1ccc(CCC(CCNC)N2CCC(C)CC2)cc1N. The summed E-state index contributed by atoms with van der Waals surface area (Å²) < 4.78 is 0. The first-order valence-corrected chi connectivity index (χ1v) is 9.83. The first-order valence-electron chi connectivity index (χ1n) is 9.83. The van der Waals surface area contributed by atoms with Crippen molar-refractivity contribution in [2.75, 3.05) is 32.4 Å². The molecule has 1 unspecified atom stereocenters. The Kier molecular flexibility index (Phi) is 8.31. The smallest absolute Gasteiger partial charge is 0.0349 e. The van der Waals surface area contributed by atoms with E-state index in [2.05, 4.69) is 41.3 Å². The van der Waals surface area contributed by atoms with E-state index in [1.54, 1.807) is 0 Å². The zero-order valence-electron chi connectivity index (χ0n) is 16.1. The predicted molar refractivity (Wildman–Crippen MR) is 109 cm³/mol. The van der Waals surface area contributed by atoms with Gasteiger partial charge >= 0.3 is 0 Å². The second kappa shape index (κ2) is 10.5. The van der Waals surface area contributed by atoms with Crippen molar-refractivity contribution >= 4 is 5.69 Å². The number of hydrogen-bond acceptors (Lipinski definition) is 3. The maximum atomic E-state index is 6.22. The Morgan fingerprint density at radius 1 is 1.28 bits per heavy atom. The number of aryl methyl sites for hydroxylation is 2. The molecule has 0 aliphatic carbocycles. The summed E-state index contributed by atoms with van der Waals surface area (Å²) in [6.45, 7) is 5.97. The number of nitrogens with two attached hydrogens (primary N) is 1. The fourth-order valence-electron chi connectivity index (χ4n) is 3.78. The lowest BCUT2D eigenvalue weighted by molar-refractivity contribution is 0.125. The number of rotatable bonds is 9. The summed E-state index contributed by atoms with van der Waals surface area (Å²) >= 11 is 0. The number of nitrogens with one attached hydrogen (secondary N) is 1. The molecule has 3 N–H and O–H groups in total. The third kappa shape index (κ3) is 6.38. The highest BCUT2D eigenvalue weighted by molar-refractivity contribution is 5.49. The lowest BCUT2D eigenvalue weighted by atomic mass is 9.94. The van der Waals surface area contributed by atoms with E-state index in [1.165, 1.54) is 49.9 Å². The molecule has 0 aromatic heterocycles. The van der Waals surface area contributed by atoms with Crippen molar-refractivity contribution < 1.29 is 0 Å². The summed E-state index contributed by atoms with van der Waals surface area (Å²) in [6, 6.07) is 7.21. The molecule has 0 radical (unpaired) electrons. The minimum atomic E-state index is 0.669. The lowest BCUT2D eigenvalue weighted by Gasteiger charge is -2.37. The number of nitrogens with zero attached hydrogens (tertiary/aromatic N) is 1. The van der Waals surface area contributed by atoms with E-state index >= 15 is 0 Å². The average molecular weight is 342 g/mol. The molecule has 1 heterocycles. The second-order valence-electron chi connectivity index (χ2n) is 7.54. The molecule has 1 aromatic carbocycles. The van der Waals surface area contributed by atoms with Crippen LogP contribution in [0, 0.1) is 18.3 Å². The minimum Gasteiger partial charge on any atom is -0.398 e. The van der Waals surface area contributed by atoms with Crippen molar-refractivity contribution in [1.29, 1.82) is 0 Å². The molecule has 0 saturated carbocycles. The second-order valence-corrected chi connectivity index (χ2v) is 7.54. The van der Waals surface area contributed by atoms with Crippen LogP contribution in [0.25, 0.3) is 0 Å². The maximum absolute atomic E-state index is 6.22. The van der Waals surface area contributed by atoms with Crippen LogP contribution >= 0.6 is 0 Å². The number of nitrogen functional groups attached to an aromatic ring is 1. The Morgan fingerprint density at radius 2 is 2.04 bits per heavy atom. The molecule has 1 fully saturated rings. The first-order chi connectivity index (χ1) is 12.1. The van der Waals surface area contributed by atoms with Crippen LogP contribution in [0.2, 0.25) is 0 Å². The van der Waals surface area contributed by atoms with E-state index in [9.17, 15) is 0 Å². The van der Waals surface area contributed by atoms with Gasteiger partial charge in [0.05, 0.1) is 0 Å². The number of hydrogen-bond donors (Lipinski definition) is 2. The standard InChI is InChI=1S/C22H35N3/c1-4-5-6-20-9-7-19(17-22(20)23)8-10-21(11-14-24-3)25-15-12-18(2)13-16-25/h1,7,9,17-18,21,24H,5-6,8,10-16,23H2,2-3H3. The zero-order chi connectivity index (χ0) is 18.1. The molecule has 1 saturated heterocycles. The quantitative estimate of drug-likeness (QED) is 0.534. The third-order valence-electron chi connectivity index (χ3n) is 5.58. The first kappa shape index (κ1) is 19.8. The number of anilines is 1. The maximum Gasteiger partial charge on any atom is 0.0349 e. The van der Waals surface area contributed by atoms with Crippen molar-refractivity contribution in [1.82, 2.24) is 10.2 Å². The Hall–Kier alpha value is -1.50. The van der Waals surface area contributed by atoms with E-state index in [0.717, 1.165) is 37.4 Å². The summed E-state index contributed by atoms with van der Waals surface area (Å²) in [5, 5.41) is 3.32. The summed E-state index contributed by atoms with van der Waals surface area (Å²) in [4.78, 5) is 2.71. The van der Waals surface area contributed by atoms with Gasteiger partial charge in [0, 0.05) is 18.2 Å². The zero-order valence-corrected chi connectivity index (χ0v) is 16.1. The van der Waals surface area contributed by atoms with Crippen LogP contribution < -0.4 is 11.1 Å². The molecular weight excluding hydrogens is 306 g/mol. The third-order valence-corrected chi connectivity index (χ3v) is 5.58. The Labute approximate surface area is 154 Å². The van der Waals surface area contributed by atoms with Crippen molar-refractivity contribution in [2.24, 2.45) is 5.92 Å². The van der Waals surface area contributed by atoms with Gasteiger partial charge < -0.3 is 16.0 Å². The molecule has 1 aliphatic rings. The number of piperidine rings is 1. The van der Waals surface area contributed by atoms with Crippen molar-refractivity contribution in [3.05, 3.63) is 29.3 Å². The molecular formula is C22H35N3. The van der Waals surface area contributed by atoms with Gasteiger partial charge in [-0.1, -0.05) is 19.1 Å². The monoisotopic (exact) mass is 341 g/mol. The Balaban J connectivity index is 1.92. The van der Waals surface area contributed by atoms with Gasteiger partial charge in [0.2, 0.25) is 0 Å². The van der Waals surface area contributed by atoms with Gasteiger partial charge in [0.15, 0.2) is 0 Å². The predicted octanol–water partition coefficient (Wildman–Crippen LogP) is 3.48. The highest BCUT2D eigenvalue weighted by atomic mass is 15.2. The summed E-state index contributed by atoms with van der Waals surface area (Å²) in [5.74, 6) is 3.58. The molecule has 1 aromatic rings. The van der Waals surface area contributed by atoms with E-state index < -0.39 is 0 Å². The Morgan fingerprint density at radius 3 is 2.68 bits per heavy atom. The van der Waals surface area contributed by atoms with Gasteiger partial charge in [-0.25, -0.2) is 0 Å². The highest BCUT2D eigenvalue weighted by Gasteiger charge is 2.22. The van der Waals surface area contributed by atoms with Crippen molar-refractivity contribution in [2.45, 2.75) is 57.9 Å². The van der Waals surface area contributed by atoms with Crippen LogP contribution in [0.5, 0.6) is 0 Å². The lowest BCUT2D eigenvalue weighted by Crippen LogP contribution is -2.42. The van der Waals surface area contributed by atoms with Crippen LogP contribution in [-0.2, 0) is 12.8 Å². The number of terminal acetylenes is 1. The molecule has 138 valence electrons. The summed E-state index contributed by atoms with van der Waals surface area (Å²) in [5.41, 5.74) is 9.64. The molecule has 3 heteroatoms. The van der Waals surface area contributed by atoms with E-state index in [1.807, 2.05) is 7.05 Å². The summed E-state index contributed by atoms with van der Waals surface area (Å²) in [7, 11) is 2.05. The molecule has 0 amide bonds. The van der Waals surface area contributed by atoms with E-state index in [-0.39, 0.29) is 0 Å². The van der Waals surface area contributed by atoms with Gasteiger partial charge in [0.1, 0.15) is 0 Å². The molecule has 1 aliphatic heterocycles. The van der Waals surface area contributed by atoms with Crippen LogP contribution in [0.3, 0.4) is 0 Å². The van der Waals surface area contributed by atoms with Crippen LogP contribution in [0.4, 0.5) is 5.69 Å². The summed E-state index contributed by atoms with van der Waals surface area (Å²) in [6.07, 6.45) is 13.2. The fourth-order valence-corrected chi connectivity index (χ4v) is 3.78. The molecule has 0 bridgehead atoms. The molecule has 25 heavy (non-hydrogen) atoms. The van der Waals surface area contributed by atoms with Gasteiger partial charge in [0.25, 0.3) is 0 Å². The van der Waals surface area contributed by atoms with E-state index in [4.69, 9.17) is 12.2 Å². The molecule has 2 rings (SSSR count). The normalized spacial score (nSPS) is 17.3. The Bertz CT molecular complexity index is 553. The number of likely N-dealkylation sites (tertiary alicyclic amines) is 1. The van der Waals surface area contributed by atoms with Gasteiger partial charge in [-0.05, 0) is 88.3 Å². The van der Waals surface area contributed by atoms with Gasteiger partial charge in [-0.3, -0.25) is 0 Å². The molecule has 1 atom stereocenters. The van der Waals surface area contributed by atoms with Gasteiger partial charge in [-0.15, -0.1) is 12.3 Å². The average Bonchev–Trinajstić information content (AvgIpc) is 2.62. The van der Waals surface area contributed by atoms with Crippen LogP contribution in [0.1, 0.15) is 50.2 Å². The molecule has 0 spiro atoms. The molecule has 3 nitrogen and oxygen atoms in total. The fraction of sp³-hybridized carbons (Fsp3) is 0.636. The number of benzene rings is 1. The van der Waals surface area contributed by atoms with Gasteiger partial charge in [-0.2, -0.15) is 0 Å². The van der Waals surface area contributed by atoms with Crippen LogP contribution in [-0.4, -0.2) is 37.6 Å². The largest absolute Gasteiger partial charge is 0.398 e. The van der Waals surface area contributed by atoms with E-state index in [0.29, 0.717) is 6.04 Å². The van der Waals surface area contributed by atoms with Crippen molar-refractivity contribution in [3.8, 4) is 12.3 Å². The van der Waals surface area contributed by atoms with Crippen molar-refractivity contribution in [3.63, 3.8) is 0 Å². The van der Waals surface area contributed by atoms with Crippen LogP contribution in [0.15, 0.2) is 18.2 Å².